The van der Waals surface area contributed by atoms with Gasteiger partial charge in [-0.25, -0.2) is 0 Å². The van der Waals surface area contributed by atoms with Gasteiger partial charge >= 0.3 is 22.3 Å². The van der Waals surface area contributed by atoms with Crippen molar-refractivity contribution in [1.82, 2.24) is 10.6 Å². The second-order valence-corrected chi connectivity index (χ2v) is 14.0. The molecule has 5 aliphatic heterocycles. The molecular formula is C34H54N4O4Zn. The van der Waals surface area contributed by atoms with Crippen molar-refractivity contribution in [3.8, 4) is 0 Å². The minimum absolute atomic E-state index is 0. The summed E-state index contributed by atoms with van der Waals surface area (Å²) in [5.74, 6) is -1.13. The standard InChI is InChI=1S/C34H54N4O4.Zn/c1-7-21-17(3)25-13-26-18(4)22(8-2)30(36-26)15-28-20(6)24(10-12-34(41)42)32(38-28)16-31-23(9-11-33(39)40)19(5)27(37-31)14-29(21)35-25;/h19-20,23-32,35-36H,7-16H2,1-6H3,(H,39,40)(H,41,42);/q-2;+2. The summed E-state index contributed by atoms with van der Waals surface area (Å²) in [6.07, 6.45) is 6.93. The molecule has 0 radical (unpaired) electrons. The van der Waals surface area contributed by atoms with Gasteiger partial charge in [0.05, 0.1) is 0 Å². The van der Waals surface area contributed by atoms with E-state index in [1.807, 2.05) is 0 Å². The van der Waals surface area contributed by atoms with Crippen LogP contribution in [0.15, 0.2) is 22.3 Å². The molecule has 5 heterocycles. The van der Waals surface area contributed by atoms with Crippen molar-refractivity contribution in [2.45, 2.75) is 154 Å². The molecule has 43 heavy (non-hydrogen) atoms. The number of fused-ring (bicyclic) bond motifs is 8. The molecule has 0 saturated carbocycles. The number of rotatable bonds is 8. The van der Waals surface area contributed by atoms with Gasteiger partial charge < -0.3 is 41.1 Å². The molecule has 0 spiro atoms. The molecule has 5 aliphatic rings. The van der Waals surface area contributed by atoms with E-state index in [1.54, 1.807) is 0 Å². The minimum Gasteiger partial charge on any atom is -0.656 e. The molecule has 12 unspecified atom stereocenters. The Kier molecular flexibility index (Phi) is 11.7. The predicted octanol–water partition coefficient (Wildman–Crippen LogP) is 3.73. The molecule has 12 atom stereocenters. The van der Waals surface area contributed by atoms with Gasteiger partial charge in [-0.3, -0.25) is 0 Å². The predicted molar refractivity (Wildman–Crippen MR) is 164 cm³/mol. The maximum absolute atomic E-state index is 11.5. The summed E-state index contributed by atoms with van der Waals surface area (Å²) in [6, 6.07) is 1.59. The second kappa shape index (κ2) is 14.5. The van der Waals surface area contributed by atoms with Crippen LogP contribution in [0.5, 0.6) is 0 Å². The molecule has 3 fully saturated rings. The summed E-state index contributed by atoms with van der Waals surface area (Å²) < 4.78 is 0. The topological polar surface area (TPSA) is 133 Å². The van der Waals surface area contributed by atoms with Gasteiger partial charge in [0.2, 0.25) is 0 Å². The van der Waals surface area contributed by atoms with E-state index in [-0.39, 0.29) is 95.1 Å². The molecule has 0 aromatic rings. The van der Waals surface area contributed by atoms with Crippen molar-refractivity contribution < 1.29 is 42.1 Å². The van der Waals surface area contributed by atoms with Crippen LogP contribution in [0.2, 0.25) is 0 Å². The molecule has 2 N–H and O–H groups in total. The smallest absolute Gasteiger partial charge is 0.656 e. The maximum atomic E-state index is 11.5. The zero-order chi connectivity index (χ0) is 30.3. The van der Waals surface area contributed by atoms with Gasteiger partial charge in [0.25, 0.3) is 0 Å². The average Bonchev–Trinajstić information content (AvgIpc) is 3.59. The van der Waals surface area contributed by atoms with Crippen molar-refractivity contribution in [3.63, 3.8) is 0 Å². The van der Waals surface area contributed by atoms with Crippen molar-refractivity contribution in [1.29, 1.82) is 0 Å². The van der Waals surface area contributed by atoms with Crippen LogP contribution in [0.4, 0.5) is 0 Å². The third-order valence-electron chi connectivity index (χ3n) is 12.1. The number of carboxylic acid groups (broad SMARTS) is 2. The number of hydrogen-bond acceptors (Lipinski definition) is 6. The largest absolute Gasteiger partial charge is 2.00 e. The fraction of sp³-hybridized carbons (Fsp3) is 0.824. The van der Waals surface area contributed by atoms with Crippen LogP contribution >= 0.6 is 0 Å². The molecule has 0 aliphatic carbocycles. The number of carboxylic acids is 2. The average molecular weight is 648 g/mol. The summed E-state index contributed by atoms with van der Waals surface area (Å²) >= 11 is 0. The zero-order valence-electron chi connectivity index (χ0n) is 29.2. The Morgan fingerprint density at radius 2 is 1.09 bits per heavy atom. The van der Waals surface area contributed by atoms with Gasteiger partial charge in [-0.15, -0.1) is 24.2 Å². The number of aliphatic carboxylic acids is 2. The van der Waals surface area contributed by atoms with Crippen molar-refractivity contribution in [2.24, 2.45) is 23.7 Å². The molecule has 9 heteroatoms. The fourth-order valence-corrected chi connectivity index (χ4v) is 9.62. The maximum Gasteiger partial charge on any atom is 2.00 e. The summed E-state index contributed by atoms with van der Waals surface area (Å²) in [6.45, 7) is 13.6. The Bertz CT molecular complexity index is 1020. The first kappa shape index (κ1) is 34.8. The Balaban J connectivity index is 0.00000235. The van der Waals surface area contributed by atoms with Crippen LogP contribution in [-0.2, 0) is 29.1 Å². The third-order valence-corrected chi connectivity index (χ3v) is 12.1. The van der Waals surface area contributed by atoms with Gasteiger partial charge in [0.15, 0.2) is 0 Å². The summed E-state index contributed by atoms with van der Waals surface area (Å²) in [4.78, 5) is 23.0. The minimum atomic E-state index is -1.00. The van der Waals surface area contributed by atoms with Crippen LogP contribution in [-0.4, -0.2) is 60.3 Å². The molecule has 3 saturated heterocycles. The Morgan fingerprint density at radius 1 is 0.698 bits per heavy atom. The molecule has 0 aromatic heterocycles. The molecule has 0 amide bonds. The summed E-state index contributed by atoms with van der Waals surface area (Å²) in [5.41, 5.74) is 5.99. The van der Waals surface area contributed by atoms with Gasteiger partial charge in [0, 0.05) is 36.1 Å². The number of nitrogens with zero attached hydrogens (tertiary/aromatic N) is 2. The number of hydrogen-bond donors (Lipinski definition) is 2. The van der Waals surface area contributed by atoms with Gasteiger partial charge in [-0.05, 0) is 71.6 Å². The quantitative estimate of drug-likeness (QED) is 0.305. The first-order valence-corrected chi connectivity index (χ1v) is 16.7. The van der Waals surface area contributed by atoms with E-state index in [1.165, 1.54) is 22.3 Å². The van der Waals surface area contributed by atoms with E-state index in [0.29, 0.717) is 24.9 Å². The number of carbonyl (C=O) groups excluding carboxylic acids is 2. The third kappa shape index (κ3) is 7.16. The molecule has 8 bridgehead atoms. The van der Waals surface area contributed by atoms with E-state index in [4.69, 9.17) is 10.6 Å². The van der Waals surface area contributed by atoms with Gasteiger partial charge in [0.1, 0.15) is 0 Å². The SMILES string of the molecule is CCC1=C(C)C2CC3NC(CC4[N-]C(CC5[N-]C(CC1N2)C(C)C5CCC(=O)[O-])C(CCC(=O)[O-])C4C)C(CC)=C3C.[H+].[H+].[Zn+2]. The molecular weight excluding hydrogens is 594 g/mol. The first-order valence-electron chi connectivity index (χ1n) is 16.7. The van der Waals surface area contributed by atoms with Crippen LogP contribution < -0.4 is 20.8 Å². The van der Waals surface area contributed by atoms with Crippen LogP contribution in [0.3, 0.4) is 0 Å². The first-order chi connectivity index (χ1) is 20.0. The zero-order valence-corrected chi connectivity index (χ0v) is 30.2. The van der Waals surface area contributed by atoms with E-state index in [0.717, 1.165) is 38.5 Å². The van der Waals surface area contributed by atoms with E-state index >= 15 is 0 Å². The van der Waals surface area contributed by atoms with Gasteiger partial charge in [-0.2, -0.15) is 0 Å². The van der Waals surface area contributed by atoms with Crippen LogP contribution in [0.25, 0.3) is 10.6 Å². The Labute approximate surface area is 274 Å². The monoisotopic (exact) mass is 646 g/mol. The van der Waals surface area contributed by atoms with E-state index in [2.05, 4.69) is 52.2 Å². The normalized spacial score (nSPS) is 41.1. The fourth-order valence-electron chi connectivity index (χ4n) is 9.62. The summed E-state index contributed by atoms with van der Waals surface area (Å²) in [5, 5.41) is 41.9. The molecule has 236 valence electrons. The van der Waals surface area contributed by atoms with Crippen molar-refractivity contribution in [2.75, 3.05) is 0 Å². The second-order valence-electron chi connectivity index (χ2n) is 14.0. The van der Waals surface area contributed by atoms with Crippen molar-refractivity contribution >= 4 is 11.9 Å². The van der Waals surface area contributed by atoms with Crippen molar-refractivity contribution in [3.05, 3.63) is 32.9 Å². The van der Waals surface area contributed by atoms with E-state index < -0.39 is 11.9 Å². The van der Waals surface area contributed by atoms with Gasteiger partial charge in [-0.1, -0.05) is 80.1 Å². The van der Waals surface area contributed by atoms with Crippen LogP contribution in [0, 0.1) is 23.7 Å². The van der Waals surface area contributed by atoms with Crippen LogP contribution in [0.1, 0.15) is 109 Å². The number of nitrogens with one attached hydrogen (secondary N) is 2. The molecule has 5 rings (SSSR count). The number of carbonyl (C=O) groups is 2. The Hall–Kier alpha value is -1.12. The van der Waals surface area contributed by atoms with E-state index in [9.17, 15) is 19.8 Å². The summed E-state index contributed by atoms with van der Waals surface area (Å²) in [7, 11) is 0. The molecule has 8 nitrogen and oxygen atoms in total. The molecule has 0 aromatic carbocycles. The Morgan fingerprint density at radius 3 is 1.44 bits per heavy atom.